The normalized spacial score (nSPS) is 11.0. The van der Waals surface area contributed by atoms with E-state index in [4.69, 9.17) is 5.73 Å². The Morgan fingerprint density at radius 1 is 1.31 bits per heavy atom. The Balaban J connectivity index is 2.55. The molecule has 0 unspecified atom stereocenters. The largest absolute Gasteiger partial charge is 0.382 e. The van der Waals surface area contributed by atoms with Crippen LogP contribution in [0.4, 0.5) is 5.82 Å². The van der Waals surface area contributed by atoms with Gasteiger partial charge in [0, 0.05) is 5.56 Å². The van der Waals surface area contributed by atoms with Gasteiger partial charge in [-0.1, -0.05) is 0 Å². The van der Waals surface area contributed by atoms with Crippen molar-refractivity contribution in [1.82, 2.24) is 14.4 Å². The molecule has 0 fully saturated rings. The summed E-state index contributed by atoms with van der Waals surface area (Å²) < 4.78 is 1.82. The Morgan fingerprint density at radius 3 is 3.00 bits per heavy atom. The summed E-state index contributed by atoms with van der Waals surface area (Å²) in [5, 5.41) is 0. The van der Waals surface area contributed by atoms with Crippen LogP contribution in [0.15, 0.2) is 30.7 Å². The maximum Gasteiger partial charge on any atom is 0.150 e. The van der Waals surface area contributed by atoms with E-state index in [0.29, 0.717) is 11.4 Å². The van der Waals surface area contributed by atoms with Gasteiger partial charge in [0.15, 0.2) is 0 Å². The second-order valence-corrected chi connectivity index (χ2v) is 3.51. The first-order valence-corrected chi connectivity index (χ1v) is 4.76. The number of anilines is 1. The van der Waals surface area contributed by atoms with Crippen LogP contribution in [0, 0.1) is 0 Å². The van der Waals surface area contributed by atoms with Crippen LogP contribution in [0.2, 0.25) is 0 Å². The zero-order chi connectivity index (χ0) is 11.1. The highest BCUT2D eigenvalue weighted by molar-refractivity contribution is 5.88. The standard InChI is InChI=1S/C11H8N4O/c12-11-10-4-13-6-15(10)9-3-7(5-16)1-2-8(9)14-11/h1-6H,(H2,12,14). The molecule has 0 bridgehead atoms. The molecule has 0 amide bonds. The summed E-state index contributed by atoms with van der Waals surface area (Å²) in [5.41, 5.74) is 8.72. The van der Waals surface area contributed by atoms with Crippen molar-refractivity contribution in [2.45, 2.75) is 0 Å². The number of benzene rings is 1. The van der Waals surface area contributed by atoms with Crippen molar-refractivity contribution >= 4 is 28.7 Å². The fourth-order valence-corrected chi connectivity index (χ4v) is 1.76. The van der Waals surface area contributed by atoms with Crippen LogP contribution in [0.3, 0.4) is 0 Å². The number of carbonyl (C=O) groups is 1. The highest BCUT2D eigenvalue weighted by Crippen LogP contribution is 2.19. The molecule has 0 aliphatic carbocycles. The molecule has 3 aromatic rings. The van der Waals surface area contributed by atoms with Crippen LogP contribution < -0.4 is 5.73 Å². The quantitative estimate of drug-likeness (QED) is 0.616. The van der Waals surface area contributed by atoms with Gasteiger partial charge in [-0.2, -0.15) is 0 Å². The van der Waals surface area contributed by atoms with Gasteiger partial charge in [0.05, 0.1) is 23.6 Å². The van der Waals surface area contributed by atoms with Crippen LogP contribution >= 0.6 is 0 Å². The first-order valence-electron chi connectivity index (χ1n) is 4.76. The number of aromatic nitrogens is 3. The van der Waals surface area contributed by atoms with E-state index in [1.54, 1.807) is 30.7 Å². The number of hydrogen-bond donors (Lipinski definition) is 1. The lowest BCUT2D eigenvalue weighted by molar-refractivity contribution is 0.112. The molecular weight excluding hydrogens is 204 g/mol. The van der Waals surface area contributed by atoms with Crippen LogP contribution in [0.25, 0.3) is 16.6 Å². The molecule has 0 saturated carbocycles. The van der Waals surface area contributed by atoms with Gasteiger partial charge >= 0.3 is 0 Å². The van der Waals surface area contributed by atoms with E-state index in [2.05, 4.69) is 9.97 Å². The van der Waals surface area contributed by atoms with E-state index in [1.807, 2.05) is 4.40 Å². The summed E-state index contributed by atoms with van der Waals surface area (Å²) in [4.78, 5) is 19.0. The molecule has 78 valence electrons. The van der Waals surface area contributed by atoms with Crippen LogP contribution in [0.5, 0.6) is 0 Å². The fourth-order valence-electron chi connectivity index (χ4n) is 1.76. The van der Waals surface area contributed by atoms with Gasteiger partial charge in [0.2, 0.25) is 0 Å². The number of aldehydes is 1. The Hall–Kier alpha value is -2.43. The maximum absolute atomic E-state index is 10.7. The molecule has 0 radical (unpaired) electrons. The summed E-state index contributed by atoms with van der Waals surface area (Å²) in [6, 6.07) is 5.25. The average molecular weight is 212 g/mol. The lowest BCUT2D eigenvalue weighted by Gasteiger charge is -2.04. The van der Waals surface area contributed by atoms with E-state index < -0.39 is 0 Å². The third-order valence-electron chi connectivity index (χ3n) is 2.54. The number of nitrogen functional groups attached to an aromatic ring is 1. The van der Waals surface area contributed by atoms with Gasteiger partial charge in [0.1, 0.15) is 17.6 Å². The lowest BCUT2D eigenvalue weighted by atomic mass is 10.2. The number of imidazole rings is 1. The molecule has 0 aliphatic heterocycles. The van der Waals surface area contributed by atoms with Crippen molar-refractivity contribution in [1.29, 1.82) is 0 Å². The Kier molecular flexibility index (Phi) is 1.67. The average Bonchev–Trinajstić information content (AvgIpc) is 2.78. The summed E-state index contributed by atoms with van der Waals surface area (Å²) in [7, 11) is 0. The number of hydrogen-bond acceptors (Lipinski definition) is 4. The van der Waals surface area contributed by atoms with E-state index in [-0.39, 0.29) is 0 Å². The topological polar surface area (TPSA) is 73.3 Å². The van der Waals surface area contributed by atoms with E-state index in [0.717, 1.165) is 22.8 Å². The van der Waals surface area contributed by atoms with Crippen molar-refractivity contribution < 1.29 is 4.79 Å². The highest BCUT2D eigenvalue weighted by atomic mass is 16.1. The second kappa shape index (κ2) is 3.03. The summed E-state index contributed by atoms with van der Waals surface area (Å²) in [6.45, 7) is 0. The van der Waals surface area contributed by atoms with Gasteiger partial charge in [-0.3, -0.25) is 9.20 Å². The van der Waals surface area contributed by atoms with Gasteiger partial charge in [0.25, 0.3) is 0 Å². The molecule has 0 saturated heterocycles. The summed E-state index contributed by atoms with van der Waals surface area (Å²) >= 11 is 0. The predicted molar refractivity (Wildman–Crippen MR) is 60.3 cm³/mol. The molecule has 5 heteroatoms. The minimum atomic E-state index is 0.434. The fraction of sp³-hybridized carbons (Fsp3) is 0. The van der Waals surface area contributed by atoms with Gasteiger partial charge in [-0.05, 0) is 18.2 Å². The van der Waals surface area contributed by atoms with Crippen molar-refractivity contribution in [3.8, 4) is 0 Å². The van der Waals surface area contributed by atoms with Gasteiger partial charge in [-0.25, -0.2) is 9.97 Å². The zero-order valence-corrected chi connectivity index (χ0v) is 8.29. The minimum absolute atomic E-state index is 0.434. The second-order valence-electron chi connectivity index (χ2n) is 3.51. The van der Waals surface area contributed by atoms with Gasteiger partial charge in [-0.15, -0.1) is 0 Å². The van der Waals surface area contributed by atoms with Crippen molar-refractivity contribution in [2.75, 3.05) is 5.73 Å². The molecule has 2 heterocycles. The number of fused-ring (bicyclic) bond motifs is 3. The predicted octanol–water partition coefficient (Wildman–Crippen LogP) is 1.28. The van der Waals surface area contributed by atoms with Crippen LogP contribution in [-0.2, 0) is 0 Å². The number of nitrogens with two attached hydrogens (primary N) is 1. The minimum Gasteiger partial charge on any atom is -0.382 e. The number of rotatable bonds is 1. The number of nitrogens with zero attached hydrogens (tertiary/aromatic N) is 3. The first kappa shape index (κ1) is 8.84. The molecule has 3 rings (SSSR count). The highest BCUT2D eigenvalue weighted by Gasteiger charge is 2.06. The van der Waals surface area contributed by atoms with Crippen molar-refractivity contribution in [2.24, 2.45) is 0 Å². The zero-order valence-electron chi connectivity index (χ0n) is 8.29. The Bertz CT molecular complexity index is 702. The molecule has 0 aliphatic rings. The Labute approximate surface area is 90.5 Å². The molecule has 16 heavy (non-hydrogen) atoms. The maximum atomic E-state index is 10.7. The molecule has 0 spiro atoms. The summed E-state index contributed by atoms with van der Waals surface area (Å²) in [5.74, 6) is 0.434. The van der Waals surface area contributed by atoms with Crippen LogP contribution in [-0.4, -0.2) is 20.7 Å². The van der Waals surface area contributed by atoms with Crippen molar-refractivity contribution in [3.05, 3.63) is 36.3 Å². The molecule has 2 N–H and O–H groups in total. The van der Waals surface area contributed by atoms with Crippen LogP contribution in [0.1, 0.15) is 10.4 Å². The van der Waals surface area contributed by atoms with Gasteiger partial charge < -0.3 is 5.73 Å². The third-order valence-corrected chi connectivity index (χ3v) is 2.54. The number of carbonyl (C=O) groups excluding carboxylic acids is 1. The van der Waals surface area contributed by atoms with Crippen molar-refractivity contribution in [3.63, 3.8) is 0 Å². The van der Waals surface area contributed by atoms with E-state index in [9.17, 15) is 4.79 Å². The third kappa shape index (κ3) is 1.08. The smallest absolute Gasteiger partial charge is 0.150 e. The molecule has 1 aromatic carbocycles. The first-order chi connectivity index (χ1) is 7.79. The SMILES string of the molecule is Nc1nc2ccc(C=O)cc2n2cncc12. The summed E-state index contributed by atoms with van der Waals surface area (Å²) in [6.07, 6.45) is 4.11. The molecular formula is C11H8N4O. The Morgan fingerprint density at radius 2 is 2.19 bits per heavy atom. The lowest BCUT2D eigenvalue weighted by Crippen LogP contribution is -1.98. The van der Waals surface area contributed by atoms with E-state index in [1.165, 1.54) is 0 Å². The molecule has 5 nitrogen and oxygen atoms in total. The molecule has 2 aromatic heterocycles. The molecule has 0 atom stereocenters. The van der Waals surface area contributed by atoms with E-state index >= 15 is 0 Å². The monoisotopic (exact) mass is 212 g/mol.